The summed E-state index contributed by atoms with van der Waals surface area (Å²) in [5, 5.41) is 0. The van der Waals surface area contributed by atoms with Gasteiger partial charge in [0.05, 0.1) is 0 Å². The van der Waals surface area contributed by atoms with Gasteiger partial charge in [0, 0.05) is 5.41 Å². The highest BCUT2D eigenvalue weighted by Gasteiger charge is 2.61. The number of carbonyl (C=O) groups excluding carboxylic acids is 1. The minimum atomic E-state index is 0.156. The quantitative estimate of drug-likeness (QED) is 0.606. The third-order valence-corrected chi connectivity index (χ3v) is 9.11. The summed E-state index contributed by atoms with van der Waals surface area (Å²) >= 11 is 0. The molecule has 1 nitrogen and oxygen atoms in total. The summed E-state index contributed by atoms with van der Waals surface area (Å²) in [5.74, 6) is 2.72. The normalized spacial score (nSPS) is 51.7. The SMILES string of the molecule is CCC1(C)CC[C@H]2C3CCC4=CC(=O)C=C[C@]4(C)[C@H]3CC[C@@]21C. The van der Waals surface area contributed by atoms with Gasteiger partial charge in [-0.2, -0.15) is 0 Å². The first-order chi connectivity index (χ1) is 10.8. The fourth-order valence-electron chi connectivity index (χ4n) is 7.14. The summed E-state index contributed by atoms with van der Waals surface area (Å²) < 4.78 is 0. The van der Waals surface area contributed by atoms with Crippen molar-refractivity contribution in [3.63, 3.8) is 0 Å². The van der Waals surface area contributed by atoms with Crippen LogP contribution in [-0.4, -0.2) is 5.78 Å². The van der Waals surface area contributed by atoms with Crippen molar-refractivity contribution in [3.05, 3.63) is 23.8 Å². The smallest absolute Gasteiger partial charge is 0.178 e. The van der Waals surface area contributed by atoms with Crippen LogP contribution in [0.1, 0.15) is 72.6 Å². The summed E-state index contributed by atoms with van der Waals surface area (Å²) in [5.41, 5.74) is 2.65. The molecule has 0 heterocycles. The third kappa shape index (κ3) is 1.88. The second-order valence-electron chi connectivity index (χ2n) is 9.51. The maximum Gasteiger partial charge on any atom is 0.178 e. The second-order valence-corrected chi connectivity index (χ2v) is 9.51. The van der Waals surface area contributed by atoms with Crippen molar-refractivity contribution in [2.24, 2.45) is 34.0 Å². The van der Waals surface area contributed by atoms with Crippen LogP contribution in [0.2, 0.25) is 0 Å². The number of hydrogen-bond acceptors (Lipinski definition) is 1. The molecular weight excluding hydrogens is 280 g/mol. The van der Waals surface area contributed by atoms with Gasteiger partial charge in [-0.25, -0.2) is 0 Å². The number of rotatable bonds is 1. The van der Waals surface area contributed by atoms with Gasteiger partial charge in [0.25, 0.3) is 0 Å². The van der Waals surface area contributed by atoms with Gasteiger partial charge in [-0.15, -0.1) is 0 Å². The Morgan fingerprint density at radius 2 is 1.83 bits per heavy atom. The molecule has 2 unspecified atom stereocenters. The molecule has 0 amide bonds. The van der Waals surface area contributed by atoms with Gasteiger partial charge in [0.2, 0.25) is 0 Å². The minimum Gasteiger partial charge on any atom is -0.290 e. The Hall–Kier alpha value is -0.850. The molecule has 6 atom stereocenters. The van der Waals surface area contributed by atoms with Crippen LogP contribution in [0, 0.1) is 34.0 Å². The van der Waals surface area contributed by atoms with Gasteiger partial charge in [-0.1, -0.05) is 45.8 Å². The average molecular weight is 312 g/mol. The van der Waals surface area contributed by atoms with E-state index in [9.17, 15) is 4.79 Å². The lowest BCUT2D eigenvalue weighted by Crippen LogP contribution is -2.51. The first-order valence-electron chi connectivity index (χ1n) is 9.78. The zero-order chi connectivity index (χ0) is 16.5. The van der Waals surface area contributed by atoms with Crippen molar-refractivity contribution >= 4 is 5.78 Å². The van der Waals surface area contributed by atoms with Crippen LogP contribution >= 0.6 is 0 Å². The topological polar surface area (TPSA) is 17.1 Å². The maximum absolute atomic E-state index is 11.8. The van der Waals surface area contributed by atoms with Gasteiger partial charge < -0.3 is 0 Å². The van der Waals surface area contributed by atoms with Gasteiger partial charge in [0.1, 0.15) is 0 Å². The Morgan fingerprint density at radius 3 is 2.57 bits per heavy atom. The minimum absolute atomic E-state index is 0.156. The number of hydrogen-bond donors (Lipinski definition) is 0. The zero-order valence-electron chi connectivity index (χ0n) is 15.3. The molecule has 23 heavy (non-hydrogen) atoms. The number of fused-ring (bicyclic) bond motifs is 5. The van der Waals surface area contributed by atoms with Crippen molar-refractivity contribution in [1.82, 2.24) is 0 Å². The molecule has 126 valence electrons. The van der Waals surface area contributed by atoms with Crippen molar-refractivity contribution in [2.45, 2.75) is 72.6 Å². The van der Waals surface area contributed by atoms with Gasteiger partial charge >= 0.3 is 0 Å². The molecule has 0 aliphatic heterocycles. The van der Waals surface area contributed by atoms with Crippen LogP contribution in [0.5, 0.6) is 0 Å². The summed E-state index contributed by atoms with van der Waals surface area (Å²) in [6.07, 6.45) is 15.4. The first-order valence-corrected chi connectivity index (χ1v) is 9.78. The molecule has 3 saturated carbocycles. The van der Waals surface area contributed by atoms with E-state index in [0.717, 1.165) is 24.2 Å². The molecule has 4 aliphatic carbocycles. The molecule has 0 radical (unpaired) electrons. The maximum atomic E-state index is 11.8. The largest absolute Gasteiger partial charge is 0.290 e. The first kappa shape index (κ1) is 15.7. The molecule has 4 aliphatic rings. The molecule has 0 N–H and O–H groups in total. The molecule has 0 spiro atoms. The van der Waals surface area contributed by atoms with Crippen molar-refractivity contribution in [2.75, 3.05) is 0 Å². The fraction of sp³-hybridized carbons (Fsp3) is 0.773. The molecule has 0 aromatic rings. The van der Waals surface area contributed by atoms with Crippen LogP contribution in [0.4, 0.5) is 0 Å². The standard InChI is InChI=1S/C22H32O/c1-5-20(2)11-9-19-17-7-6-15-14-16(23)8-12-21(15,3)18(17)10-13-22(19,20)4/h8,12,14,17-19H,5-7,9-11,13H2,1-4H3/t17?,18-,19-,20?,21-,22-/m0/s1. The predicted molar refractivity (Wildman–Crippen MR) is 95.0 cm³/mol. The highest BCUT2D eigenvalue weighted by Crippen LogP contribution is 2.70. The van der Waals surface area contributed by atoms with Crippen LogP contribution in [0.15, 0.2) is 23.8 Å². The molecule has 1 heteroatoms. The Kier molecular flexibility index (Phi) is 3.29. The summed E-state index contributed by atoms with van der Waals surface area (Å²) in [6.45, 7) is 9.98. The van der Waals surface area contributed by atoms with E-state index in [1.165, 1.54) is 44.1 Å². The van der Waals surface area contributed by atoms with Crippen molar-refractivity contribution in [3.8, 4) is 0 Å². The average Bonchev–Trinajstić information content (AvgIpc) is 2.80. The van der Waals surface area contributed by atoms with Crippen LogP contribution in [-0.2, 0) is 4.79 Å². The van der Waals surface area contributed by atoms with E-state index < -0.39 is 0 Å². The van der Waals surface area contributed by atoms with E-state index in [1.54, 1.807) is 0 Å². The molecule has 4 rings (SSSR count). The second kappa shape index (κ2) is 4.83. The van der Waals surface area contributed by atoms with Gasteiger partial charge in [-0.3, -0.25) is 4.79 Å². The van der Waals surface area contributed by atoms with E-state index in [4.69, 9.17) is 0 Å². The van der Waals surface area contributed by atoms with Gasteiger partial charge in [0.15, 0.2) is 5.78 Å². The number of carbonyl (C=O) groups is 1. The zero-order valence-corrected chi connectivity index (χ0v) is 15.3. The molecule has 0 bridgehead atoms. The Bertz CT molecular complexity index is 599. The van der Waals surface area contributed by atoms with Crippen molar-refractivity contribution in [1.29, 1.82) is 0 Å². The fourth-order valence-corrected chi connectivity index (χ4v) is 7.14. The molecule has 3 fully saturated rings. The molecule has 0 aromatic heterocycles. The monoisotopic (exact) mass is 312 g/mol. The summed E-state index contributed by atoms with van der Waals surface area (Å²) in [4.78, 5) is 11.8. The Labute approximate surface area is 141 Å². The number of ketones is 1. The molecule has 0 aromatic carbocycles. The lowest BCUT2D eigenvalue weighted by molar-refractivity contribution is -0.111. The summed E-state index contributed by atoms with van der Waals surface area (Å²) in [7, 11) is 0. The Morgan fingerprint density at radius 1 is 1.09 bits per heavy atom. The third-order valence-electron chi connectivity index (χ3n) is 9.11. The van der Waals surface area contributed by atoms with E-state index >= 15 is 0 Å². The Balaban J connectivity index is 1.70. The van der Waals surface area contributed by atoms with E-state index in [-0.39, 0.29) is 11.2 Å². The highest BCUT2D eigenvalue weighted by molar-refractivity contribution is 6.01. The summed E-state index contributed by atoms with van der Waals surface area (Å²) in [6, 6.07) is 0. The van der Waals surface area contributed by atoms with Crippen LogP contribution < -0.4 is 0 Å². The highest BCUT2D eigenvalue weighted by atomic mass is 16.1. The molecular formula is C22H32O. The van der Waals surface area contributed by atoms with Gasteiger partial charge in [-0.05, 0) is 79.3 Å². The van der Waals surface area contributed by atoms with E-state index in [0.29, 0.717) is 10.8 Å². The van der Waals surface area contributed by atoms with Crippen LogP contribution in [0.3, 0.4) is 0 Å². The van der Waals surface area contributed by atoms with Crippen molar-refractivity contribution < 1.29 is 4.79 Å². The van der Waals surface area contributed by atoms with Crippen LogP contribution in [0.25, 0.3) is 0 Å². The lowest BCUT2D eigenvalue weighted by atomic mass is 9.46. The lowest BCUT2D eigenvalue weighted by Gasteiger charge is -2.58. The predicted octanol–water partition coefficient (Wildman–Crippen LogP) is 5.71. The molecule has 0 saturated heterocycles. The van der Waals surface area contributed by atoms with E-state index in [2.05, 4.69) is 33.8 Å². The number of allylic oxidation sites excluding steroid dienone is 4. The van der Waals surface area contributed by atoms with E-state index in [1.807, 2.05) is 12.2 Å².